The number of rotatable bonds is 6. The second-order valence-electron chi connectivity index (χ2n) is 4.24. The summed E-state index contributed by atoms with van der Waals surface area (Å²) in [7, 11) is 0. The molecular weight excluding hydrogens is 526 g/mol. The molecule has 0 spiro atoms. The van der Waals surface area contributed by atoms with Crippen LogP contribution in [0.3, 0.4) is 0 Å². The molecule has 0 amide bonds. The van der Waals surface area contributed by atoms with Crippen LogP contribution >= 0.6 is 45.2 Å². The van der Waals surface area contributed by atoms with Crippen LogP contribution in [0, 0.1) is 17.3 Å². The van der Waals surface area contributed by atoms with E-state index < -0.39 is 4.92 Å². The average molecular weight is 538 g/mol. The van der Waals surface area contributed by atoms with Gasteiger partial charge in [-0.15, -0.1) is 0 Å². The first kappa shape index (κ1) is 17.8. The number of halogens is 2. The van der Waals surface area contributed by atoms with Gasteiger partial charge in [0.2, 0.25) is 5.82 Å². The molecule has 2 aromatic rings. The fraction of sp³-hybridized carbons (Fsp3) is 0.143. The van der Waals surface area contributed by atoms with Gasteiger partial charge in [0.1, 0.15) is 5.75 Å². The molecule has 0 fully saturated rings. The minimum atomic E-state index is -0.506. The summed E-state index contributed by atoms with van der Waals surface area (Å²) in [4.78, 5) is 14.3. The van der Waals surface area contributed by atoms with Crippen LogP contribution in [0.25, 0.3) is 0 Å². The van der Waals surface area contributed by atoms with E-state index in [-0.39, 0.29) is 11.5 Å². The largest absolute Gasteiger partial charge is 0.492 e. The third kappa shape index (κ3) is 4.73. The monoisotopic (exact) mass is 538 g/mol. The molecule has 9 heteroatoms. The van der Waals surface area contributed by atoms with Crippen molar-refractivity contribution in [2.24, 2.45) is 5.10 Å². The van der Waals surface area contributed by atoms with Crippen LogP contribution in [-0.2, 0) is 0 Å². The van der Waals surface area contributed by atoms with E-state index in [1.165, 1.54) is 18.3 Å². The molecule has 0 radical (unpaired) electrons. The first-order valence-electron chi connectivity index (χ1n) is 6.53. The highest BCUT2D eigenvalue weighted by molar-refractivity contribution is 14.1. The number of pyridine rings is 1. The number of anilines is 1. The molecule has 0 saturated carbocycles. The summed E-state index contributed by atoms with van der Waals surface area (Å²) in [6.45, 7) is 2.54. The van der Waals surface area contributed by atoms with Gasteiger partial charge in [0.25, 0.3) is 0 Å². The van der Waals surface area contributed by atoms with Crippen LogP contribution in [0.2, 0.25) is 0 Å². The predicted octanol–water partition coefficient (Wildman–Crippen LogP) is 4.04. The van der Waals surface area contributed by atoms with Crippen molar-refractivity contribution in [1.29, 1.82) is 0 Å². The highest BCUT2D eigenvalue weighted by atomic mass is 127. The Balaban J connectivity index is 2.17. The lowest BCUT2D eigenvalue weighted by Gasteiger charge is -2.09. The Morgan fingerprint density at radius 2 is 2.13 bits per heavy atom. The van der Waals surface area contributed by atoms with E-state index in [2.05, 4.69) is 60.7 Å². The maximum Gasteiger partial charge on any atom is 0.313 e. The average Bonchev–Trinajstić information content (AvgIpc) is 2.51. The first-order chi connectivity index (χ1) is 11.0. The van der Waals surface area contributed by atoms with Crippen LogP contribution in [-0.4, -0.2) is 22.7 Å². The first-order valence-corrected chi connectivity index (χ1v) is 8.69. The molecule has 1 aromatic carbocycles. The van der Waals surface area contributed by atoms with Gasteiger partial charge in [0.05, 0.1) is 24.9 Å². The topological polar surface area (TPSA) is 89.7 Å². The molecule has 0 aliphatic heterocycles. The van der Waals surface area contributed by atoms with Crippen LogP contribution in [0.4, 0.5) is 11.5 Å². The van der Waals surface area contributed by atoms with Gasteiger partial charge in [-0.25, -0.2) is 4.98 Å². The highest BCUT2D eigenvalue weighted by Crippen LogP contribution is 2.28. The Bertz CT molecular complexity index is 730. The second kappa shape index (κ2) is 8.38. The van der Waals surface area contributed by atoms with Gasteiger partial charge in [0, 0.05) is 12.3 Å². The highest BCUT2D eigenvalue weighted by Gasteiger charge is 2.13. The molecule has 0 saturated heterocycles. The molecule has 0 unspecified atom stereocenters. The summed E-state index contributed by atoms with van der Waals surface area (Å²) in [5, 5.41) is 14.9. The minimum Gasteiger partial charge on any atom is -0.492 e. The Morgan fingerprint density at radius 3 is 2.74 bits per heavy atom. The number of benzene rings is 1. The Labute approximate surface area is 160 Å². The van der Waals surface area contributed by atoms with Gasteiger partial charge >= 0.3 is 5.69 Å². The standard InChI is InChI=1S/C14H12I2N4O3/c1-2-23-13-10(15)6-9(7-11(13)16)8-18-19-14-12(20(21)22)4-3-5-17-14/h3-8H,2H2,1H3,(H,17,19)/b18-8-. The van der Waals surface area contributed by atoms with E-state index in [1.807, 2.05) is 19.1 Å². The van der Waals surface area contributed by atoms with Crippen molar-refractivity contribution < 1.29 is 9.66 Å². The normalized spacial score (nSPS) is 10.7. The number of aromatic nitrogens is 1. The zero-order valence-corrected chi connectivity index (χ0v) is 16.3. The molecule has 1 heterocycles. The maximum absolute atomic E-state index is 10.9. The molecule has 0 aliphatic rings. The molecule has 120 valence electrons. The Morgan fingerprint density at radius 1 is 1.43 bits per heavy atom. The predicted molar refractivity (Wildman–Crippen MR) is 105 cm³/mol. The summed E-state index contributed by atoms with van der Waals surface area (Å²) >= 11 is 4.40. The van der Waals surface area contributed by atoms with Crippen LogP contribution in [0.15, 0.2) is 35.6 Å². The number of ether oxygens (including phenoxy) is 1. The second-order valence-corrected chi connectivity index (χ2v) is 6.57. The maximum atomic E-state index is 10.9. The van der Waals surface area contributed by atoms with Gasteiger partial charge in [0.15, 0.2) is 0 Å². The summed E-state index contributed by atoms with van der Waals surface area (Å²) in [6, 6.07) is 6.72. The fourth-order valence-corrected chi connectivity index (χ4v) is 3.86. The smallest absolute Gasteiger partial charge is 0.313 e. The van der Waals surface area contributed by atoms with Crippen molar-refractivity contribution in [1.82, 2.24) is 4.98 Å². The summed E-state index contributed by atoms with van der Waals surface area (Å²) in [5.41, 5.74) is 3.33. The molecule has 0 atom stereocenters. The van der Waals surface area contributed by atoms with Crippen LogP contribution in [0.5, 0.6) is 5.75 Å². The number of nitrogens with one attached hydrogen (secondary N) is 1. The molecule has 0 aliphatic carbocycles. The molecule has 1 N–H and O–H groups in total. The zero-order chi connectivity index (χ0) is 16.8. The van der Waals surface area contributed by atoms with Gasteiger partial charge in [-0.1, -0.05) is 0 Å². The Hall–Kier alpha value is -1.50. The summed E-state index contributed by atoms with van der Waals surface area (Å²) in [5.74, 6) is 0.947. The molecule has 0 bridgehead atoms. The summed E-state index contributed by atoms with van der Waals surface area (Å²) < 4.78 is 7.53. The Kier molecular flexibility index (Phi) is 6.50. The molecule has 7 nitrogen and oxygen atoms in total. The number of hydrazone groups is 1. The molecule has 23 heavy (non-hydrogen) atoms. The number of hydrogen-bond acceptors (Lipinski definition) is 6. The number of nitro groups is 1. The lowest BCUT2D eigenvalue weighted by atomic mass is 10.2. The van der Waals surface area contributed by atoms with E-state index in [4.69, 9.17) is 4.74 Å². The zero-order valence-electron chi connectivity index (χ0n) is 12.0. The van der Waals surface area contributed by atoms with Gasteiger partial charge in [-0.3, -0.25) is 15.5 Å². The van der Waals surface area contributed by atoms with E-state index in [1.54, 1.807) is 6.21 Å². The van der Waals surface area contributed by atoms with Crippen LogP contribution < -0.4 is 10.2 Å². The van der Waals surface area contributed by atoms with Crippen molar-refractivity contribution in [2.75, 3.05) is 12.0 Å². The SMILES string of the molecule is CCOc1c(I)cc(/C=N\Nc2ncccc2[N+](=O)[O-])cc1I. The molecular formula is C14H12I2N4O3. The summed E-state index contributed by atoms with van der Waals surface area (Å²) in [6.07, 6.45) is 3.05. The van der Waals surface area contributed by atoms with Crippen LogP contribution in [0.1, 0.15) is 12.5 Å². The quantitative estimate of drug-likeness (QED) is 0.260. The third-order valence-electron chi connectivity index (χ3n) is 2.68. The lowest BCUT2D eigenvalue weighted by molar-refractivity contribution is -0.384. The van der Waals surface area contributed by atoms with Gasteiger partial charge in [-0.2, -0.15) is 5.10 Å². The van der Waals surface area contributed by atoms with E-state index in [9.17, 15) is 10.1 Å². The van der Waals surface area contributed by atoms with E-state index >= 15 is 0 Å². The fourth-order valence-electron chi connectivity index (χ4n) is 1.73. The number of nitrogens with zero attached hydrogens (tertiary/aromatic N) is 3. The third-order valence-corrected chi connectivity index (χ3v) is 4.28. The molecule has 2 rings (SSSR count). The van der Waals surface area contributed by atoms with Gasteiger partial charge in [-0.05, 0) is 75.9 Å². The van der Waals surface area contributed by atoms with Crippen molar-refractivity contribution >= 4 is 62.9 Å². The van der Waals surface area contributed by atoms with Crippen molar-refractivity contribution in [2.45, 2.75) is 6.92 Å². The minimum absolute atomic E-state index is 0.101. The van der Waals surface area contributed by atoms with Crippen molar-refractivity contribution in [3.8, 4) is 5.75 Å². The van der Waals surface area contributed by atoms with Gasteiger partial charge < -0.3 is 4.74 Å². The molecule has 1 aromatic heterocycles. The van der Waals surface area contributed by atoms with Crippen molar-refractivity contribution in [3.05, 3.63) is 53.3 Å². The van der Waals surface area contributed by atoms with Crippen molar-refractivity contribution in [3.63, 3.8) is 0 Å². The lowest BCUT2D eigenvalue weighted by Crippen LogP contribution is -2.00. The number of hydrogen-bond donors (Lipinski definition) is 1. The van der Waals surface area contributed by atoms with E-state index in [0.29, 0.717) is 6.61 Å². The van der Waals surface area contributed by atoms with E-state index in [0.717, 1.165) is 18.5 Å².